The summed E-state index contributed by atoms with van der Waals surface area (Å²) in [5, 5.41) is -1.31. The maximum absolute atomic E-state index is 6.02. The first-order chi connectivity index (χ1) is 23.5. The molecule has 24 heteroatoms. The summed E-state index contributed by atoms with van der Waals surface area (Å²) in [5.74, 6) is 0.849. The first-order valence-electron chi connectivity index (χ1n) is 12.8. The smallest absolute Gasteiger partial charge is 0.242 e. The van der Waals surface area contributed by atoms with Crippen LogP contribution in [0.4, 0.5) is 35.2 Å². The Hall–Kier alpha value is -4.00. The Kier molecular flexibility index (Phi) is 10.9. The minimum Gasteiger partial charge on any atom is -0.458 e. The Morgan fingerprint density at radius 1 is 0.347 bits per heavy atom. The molecule has 0 unspecified atom stereocenters. The van der Waals surface area contributed by atoms with Crippen LogP contribution in [-0.2, 0) is 0 Å². The average molecular weight is 822 g/mol. The van der Waals surface area contributed by atoms with Gasteiger partial charge in [0, 0.05) is 0 Å². The molecule has 16 nitrogen and oxygen atoms in total. The maximum Gasteiger partial charge on any atom is 0.242 e. The van der Waals surface area contributed by atoms with Gasteiger partial charge in [0.2, 0.25) is 72.9 Å². The van der Waals surface area contributed by atoms with E-state index < -0.39 is 0 Å². The van der Waals surface area contributed by atoms with Gasteiger partial charge in [0.15, 0.2) is 0 Å². The number of benzene rings is 2. The molecule has 0 saturated carbocycles. The average Bonchev–Trinajstić information content (AvgIpc) is 3.01. The largest absolute Gasteiger partial charge is 0.458 e. The van der Waals surface area contributed by atoms with Crippen molar-refractivity contribution in [2.75, 3.05) is 16.6 Å². The molecule has 6 aromatic rings. The second kappa shape index (κ2) is 15.3. The van der Waals surface area contributed by atoms with Gasteiger partial charge in [0.1, 0.15) is 11.5 Å². The zero-order valence-electron chi connectivity index (χ0n) is 23.4. The maximum atomic E-state index is 6.02. The molecule has 6 rings (SSSR count). The fourth-order valence-electron chi connectivity index (χ4n) is 3.85. The van der Waals surface area contributed by atoms with Gasteiger partial charge in [-0.1, -0.05) is 0 Å². The predicted octanol–water partition coefficient (Wildman–Crippen LogP) is 8.01. The summed E-state index contributed by atoms with van der Waals surface area (Å²) in [6, 6.07) is 13.2. The van der Waals surface area contributed by atoms with Crippen LogP contribution in [0.1, 0.15) is 0 Å². The molecule has 0 spiro atoms. The van der Waals surface area contributed by atoms with E-state index in [-0.39, 0.29) is 72.9 Å². The van der Waals surface area contributed by atoms with Crippen molar-refractivity contribution in [3.8, 4) is 11.5 Å². The Labute approximate surface area is 314 Å². The van der Waals surface area contributed by atoms with Crippen LogP contribution in [0.15, 0.2) is 48.5 Å². The molecule has 0 radical (unpaired) electrons. The van der Waals surface area contributed by atoms with Gasteiger partial charge in [-0.2, -0.15) is 59.8 Å². The summed E-state index contributed by atoms with van der Waals surface area (Å²) in [5.41, 5.74) is 0.929. The molecule has 0 atom stereocenters. The number of nitrogens with zero attached hydrogens (tertiary/aromatic N) is 14. The summed E-state index contributed by atoms with van der Waals surface area (Å²) in [4.78, 5) is 50.8. The SMILES string of the molecule is Clc1nc(Cl)nc(N(c2ccc(OCOc3ccc(N(c4nc(Cl)nc(Cl)n4)c4nc(Cl)nc(Cl)n4)cc3)cc2)c2nc(Cl)nc(Cl)n2)n1. The highest BCUT2D eigenvalue weighted by atomic mass is 35.5. The third kappa shape index (κ3) is 8.78. The summed E-state index contributed by atoms with van der Waals surface area (Å²) in [6.07, 6.45) is 0. The number of rotatable bonds is 10. The molecule has 248 valence electrons. The number of hydrogen-bond donors (Lipinski definition) is 0. The quantitative estimate of drug-likeness (QED) is 0.121. The molecule has 0 N–H and O–H groups in total. The van der Waals surface area contributed by atoms with Gasteiger partial charge < -0.3 is 9.47 Å². The lowest BCUT2D eigenvalue weighted by molar-refractivity contribution is 0.120. The summed E-state index contributed by atoms with van der Waals surface area (Å²) >= 11 is 48.1. The second-order valence-electron chi connectivity index (χ2n) is 8.76. The van der Waals surface area contributed by atoms with Crippen molar-refractivity contribution in [2.24, 2.45) is 0 Å². The number of anilines is 6. The third-order valence-corrected chi connectivity index (χ3v) is 7.07. The van der Waals surface area contributed by atoms with E-state index in [1.165, 1.54) is 9.80 Å². The van der Waals surface area contributed by atoms with E-state index in [2.05, 4.69) is 59.8 Å². The van der Waals surface area contributed by atoms with Gasteiger partial charge in [0.25, 0.3) is 0 Å². The topological polar surface area (TPSA) is 180 Å². The van der Waals surface area contributed by atoms with Gasteiger partial charge in [-0.25, -0.2) is 9.80 Å². The molecule has 0 fully saturated rings. The highest BCUT2D eigenvalue weighted by Crippen LogP contribution is 2.34. The van der Waals surface area contributed by atoms with Gasteiger partial charge in [-0.15, -0.1) is 0 Å². The zero-order chi connectivity index (χ0) is 34.7. The molecule has 0 aliphatic carbocycles. The molecule has 4 aromatic heterocycles. The standard InChI is InChI=1S/C25H10Cl8N14O2/c26-14-34-15(27)39-22(38-14)46(23-40-16(28)35-17(29)41-23)10-1-5-12(6-2-10)48-9-49-13-7-3-11(4-8-13)47(24-42-18(30)36-19(31)43-24)25-44-20(32)37-21(33)45-25/h1-8H,9H2. The van der Waals surface area contributed by atoms with Crippen molar-refractivity contribution in [1.29, 1.82) is 0 Å². The zero-order valence-corrected chi connectivity index (χ0v) is 29.5. The van der Waals surface area contributed by atoms with Gasteiger partial charge >= 0.3 is 0 Å². The molecular weight excluding hydrogens is 812 g/mol. The molecule has 0 aliphatic rings. The van der Waals surface area contributed by atoms with E-state index in [4.69, 9.17) is 102 Å². The van der Waals surface area contributed by atoms with Crippen molar-refractivity contribution in [3.05, 3.63) is 90.8 Å². The summed E-state index contributed by atoms with van der Waals surface area (Å²) < 4.78 is 11.5. The highest BCUT2D eigenvalue weighted by molar-refractivity contribution is 6.32. The highest BCUT2D eigenvalue weighted by Gasteiger charge is 2.23. The monoisotopic (exact) mass is 818 g/mol. The minimum absolute atomic E-state index is 0.00859. The summed E-state index contributed by atoms with van der Waals surface area (Å²) in [6.45, 7) is -0.166. The number of aromatic nitrogens is 12. The Bertz CT molecular complexity index is 1800. The van der Waals surface area contributed by atoms with Crippen LogP contribution in [0.2, 0.25) is 42.3 Å². The van der Waals surface area contributed by atoms with E-state index in [1.54, 1.807) is 48.5 Å². The lowest BCUT2D eigenvalue weighted by atomic mass is 10.3. The summed E-state index contributed by atoms with van der Waals surface area (Å²) in [7, 11) is 0. The van der Waals surface area contributed by atoms with Crippen LogP contribution in [0.25, 0.3) is 0 Å². The van der Waals surface area contributed by atoms with Crippen LogP contribution in [0.5, 0.6) is 11.5 Å². The molecule has 0 saturated heterocycles. The van der Waals surface area contributed by atoms with Crippen molar-refractivity contribution in [1.82, 2.24) is 59.8 Å². The Morgan fingerprint density at radius 3 is 0.796 bits per heavy atom. The molecular formula is C25H10Cl8N14O2. The Balaban J connectivity index is 1.18. The van der Waals surface area contributed by atoms with E-state index in [9.17, 15) is 0 Å². The molecule has 2 aromatic carbocycles. The van der Waals surface area contributed by atoms with Gasteiger partial charge in [-0.05, 0) is 141 Å². The fraction of sp³-hybridized carbons (Fsp3) is 0.0400. The van der Waals surface area contributed by atoms with E-state index >= 15 is 0 Å². The van der Waals surface area contributed by atoms with E-state index in [1.807, 2.05) is 0 Å². The number of hydrogen-bond acceptors (Lipinski definition) is 16. The first-order valence-corrected chi connectivity index (χ1v) is 15.9. The number of halogens is 8. The second-order valence-corrected chi connectivity index (χ2v) is 11.5. The fourth-order valence-corrected chi connectivity index (χ4v) is 5.27. The molecule has 0 bridgehead atoms. The van der Waals surface area contributed by atoms with Gasteiger partial charge in [0.05, 0.1) is 11.4 Å². The first kappa shape index (κ1) is 34.8. The molecule has 4 heterocycles. The predicted molar refractivity (Wildman–Crippen MR) is 182 cm³/mol. The van der Waals surface area contributed by atoms with E-state index in [0.29, 0.717) is 22.9 Å². The van der Waals surface area contributed by atoms with Gasteiger partial charge in [-0.3, -0.25) is 0 Å². The number of ether oxygens (including phenoxy) is 2. The van der Waals surface area contributed by atoms with Crippen LogP contribution >= 0.6 is 92.8 Å². The van der Waals surface area contributed by atoms with Crippen molar-refractivity contribution in [2.45, 2.75) is 0 Å². The van der Waals surface area contributed by atoms with Crippen LogP contribution in [0, 0.1) is 0 Å². The van der Waals surface area contributed by atoms with Crippen molar-refractivity contribution >= 4 is 128 Å². The molecule has 0 amide bonds. The normalized spacial score (nSPS) is 10.9. The lowest BCUT2D eigenvalue weighted by Gasteiger charge is -2.21. The third-order valence-electron chi connectivity index (χ3n) is 5.72. The van der Waals surface area contributed by atoms with E-state index in [0.717, 1.165) is 0 Å². The lowest BCUT2D eigenvalue weighted by Crippen LogP contribution is -2.17. The molecule has 49 heavy (non-hydrogen) atoms. The van der Waals surface area contributed by atoms with Crippen LogP contribution < -0.4 is 19.3 Å². The van der Waals surface area contributed by atoms with Crippen LogP contribution in [-0.4, -0.2) is 66.6 Å². The Morgan fingerprint density at radius 2 is 0.571 bits per heavy atom. The van der Waals surface area contributed by atoms with Crippen molar-refractivity contribution < 1.29 is 9.47 Å². The minimum atomic E-state index is -0.166. The molecule has 0 aliphatic heterocycles. The van der Waals surface area contributed by atoms with Crippen molar-refractivity contribution in [3.63, 3.8) is 0 Å². The van der Waals surface area contributed by atoms with Crippen LogP contribution in [0.3, 0.4) is 0 Å².